The molecule has 34 heavy (non-hydrogen) atoms. The zero-order valence-corrected chi connectivity index (χ0v) is 20.4. The maximum Gasteiger partial charge on any atom is 0.445 e. The number of aromatic nitrogens is 2. The van der Waals surface area contributed by atoms with E-state index < -0.39 is 17.2 Å². The first-order valence-electron chi connectivity index (χ1n) is 11.1. The second kappa shape index (κ2) is 8.51. The molecule has 1 aliphatic carbocycles. The molecule has 2 aliphatic rings. The number of nitrogens with one attached hydrogen (secondary N) is 1. The molecule has 1 aliphatic heterocycles. The van der Waals surface area contributed by atoms with E-state index in [0.29, 0.717) is 5.56 Å². The molecule has 11 heteroatoms. The van der Waals surface area contributed by atoms with E-state index >= 15 is 0 Å². The van der Waals surface area contributed by atoms with Crippen LogP contribution >= 0.6 is 11.3 Å². The highest BCUT2D eigenvalue weighted by atomic mass is 32.1. The molecule has 1 aromatic carbocycles. The third-order valence-electron chi connectivity index (χ3n) is 6.52. The molecule has 1 saturated heterocycles. The van der Waals surface area contributed by atoms with Gasteiger partial charge in [0, 0.05) is 31.7 Å². The summed E-state index contributed by atoms with van der Waals surface area (Å²) in [6.45, 7) is 7.79. The van der Waals surface area contributed by atoms with Crippen molar-refractivity contribution in [2.24, 2.45) is 10.8 Å². The normalized spacial score (nSPS) is 23.6. The Morgan fingerprint density at radius 2 is 1.85 bits per heavy atom. The van der Waals surface area contributed by atoms with Gasteiger partial charge in [-0.2, -0.15) is 13.2 Å². The van der Waals surface area contributed by atoms with Crippen LogP contribution < -0.4 is 5.32 Å². The molecule has 3 amide bonds. The first-order valence-corrected chi connectivity index (χ1v) is 11.9. The standard InChI is InChI=1S/C23H28F3N5O2S/c1-21(2)9-16-10-22(3,12-21)13-31(16)17(32)15-7-5-14(6-8-15)11-30(4)20(33)27-19-29-28-18(34-19)23(24,25)26/h5-8,16H,9-13H2,1-4H3,(H,27,29,33). The molecule has 184 valence electrons. The Kier molecular flexibility index (Phi) is 6.12. The van der Waals surface area contributed by atoms with E-state index in [1.54, 1.807) is 24.3 Å². The number of alkyl halides is 3. The van der Waals surface area contributed by atoms with Gasteiger partial charge in [-0.1, -0.05) is 44.2 Å². The summed E-state index contributed by atoms with van der Waals surface area (Å²) in [5, 5.41) is 7.39. The van der Waals surface area contributed by atoms with Gasteiger partial charge in [0.1, 0.15) is 0 Å². The Labute approximate surface area is 200 Å². The topological polar surface area (TPSA) is 78.4 Å². The third kappa shape index (κ3) is 5.18. The van der Waals surface area contributed by atoms with Crippen LogP contribution in [-0.2, 0) is 12.7 Å². The van der Waals surface area contributed by atoms with E-state index in [1.807, 2.05) is 4.90 Å². The van der Waals surface area contributed by atoms with Gasteiger partial charge in [-0.05, 0) is 47.8 Å². The van der Waals surface area contributed by atoms with Gasteiger partial charge in [0.15, 0.2) is 0 Å². The largest absolute Gasteiger partial charge is 0.445 e. The van der Waals surface area contributed by atoms with Crippen LogP contribution in [0.25, 0.3) is 0 Å². The van der Waals surface area contributed by atoms with Crippen LogP contribution in [0, 0.1) is 10.8 Å². The van der Waals surface area contributed by atoms with Crippen molar-refractivity contribution < 1.29 is 22.8 Å². The number of carbonyl (C=O) groups is 2. The molecular formula is C23H28F3N5O2S. The van der Waals surface area contributed by atoms with Crippen LogP contribution in [0.1, 0.15) is 61.0 Å². The summed E-state index contributed by atoms with van der Waals surface area (Å²) in [5.41, 5.74) is 1.78. The van der Waals surface area contributed by atoms with Crippen LogP contribution in [-0.4, -0.2) is 51.6 Å². The minimum absolute atomic E-state index is 0.0285. The van der Waals surface area contributed by atoms with E-state index in [-0.39, 0.29) is 45.8 Å². The van der Waals surface area contributed by atoms with Crippen molar-refractivity contribution in [2.75, 3.05) is 18.9 Å². The fourth-order valence-electron chi connectivity index (χ4n) is 5.54. The lowest BCUT2D eigenvalue weighted by molar-refractivity contribution is -0.138. The molecular weight excluding hydrogens is 467 g/mol. The first kappa shape index (κ1) is 24.4. The predicted octanol–water partition coefficient (Wildman–Crippen LogP) is 5.26. The molecule has 2 aromatic rings. The molecule has 2 fully saturated rings. The minimum atomic E-state index is -4.60. The Balaban J connectivity index is 1.36. The van der Waals surface area contributed by atoms with Crippen molar-refractivity contribution >= 4 is 28.4 Å². The van der Waals surface area contributed by atoms with Crippen molar-refractivity contribution in [3.63, 3.8) is 0 Å². The highest BCUT2D eigenvalue weighted by Crippen LogP contribution is 2.52. The van der Waals surface area contributed by atoms with Crippen molar-refractivity contribution in [1.82, 2.24) is 20.0 Å². The van der Waals surface area contributed by atoms with E-state index in [9.17, 15) is 22.8 Å². The van der Waals surface area contributed by atoms with Crippen LogP contribution in [0.15, 0.2) is 24.3 Å². The monoisotopic (exact) mass is 495 g/mol. The first-order chi connectivity index (χ1) is 15.7. The summed E-state index contributed by atoms with van der Waals surface area (Å²) in [5.74, 6) is 0.0285. The number of anilines is 1. The van der Waals surface area contributed by atoms with Crippen LogP contribution in [0.4, 0.5) is 23.1 Å². The van der Waals surface area contributed by atoms with Gasteiger partial charge < -0.3 is 9.80 Å². The molecule has 7 nitrogen and oxygen atoms in total. The highest BCUT2D eigenvalue weighted by molar-refractivity contribution is 7.15. The minimum Gasteiger partial charge on any atom is -0.335 e. The summed E-state index contributed by atoms with van der Waals surface area (Å²) in [6, 6.07) is 6.76. The lowest BCUT2D eigenvalue weighted by Gasteiger charge is -2.39. The predicted molar refractivity (Wildman–Crippen MR) is 122 cm³/mol. The molecule has 1 saturated carbocycles. The quantitative estimate of drug-likeness (QED) is 0.628. The number of nitrogens with zero attached hydrogens (tertiary/aromatic N) is 4. The van der Waals surface area contributed by atoms with Crippen molar-refractivity contribution in [1.29, 1.82) is 0 Å². The summed E-state index contributed by atoms with van der Waals surface area (Å²) in [4.78, 5) is 28.9. The van der Waals surface area contributed by atoms with Crippen LogP contribution in [0.5, 0.6) is 0 Å². The maximum absolute atomic E-state index is 13.2. The van der Waals surface area contributed by atoms with Crippen molar-refractivity contribution in [3.05, 3.63) is 40.4 Å². The molecule has 2 unspecified atom stereocenters. The fraction of sp³-hybridized carbons (Fsp3) is 0.565. The molecule has 1 aromatic heterocycles. The Bertz CT molecular complexity index is 1090. The third-order valence-corrected chi connectivity index (χ3v) is 7.41. The number of likely N-dealkylation sites (tertiary alicyclic amines) is 1. The number of fused-ring (bicyclic) bond motifs is 2. The lowest BCUT2D eigenvalue weighted by atomic mass is 9.65. The number of hydrogen-bond donors (Lipinski definition) is 1. The number of carbonyl (C=O) groups excluding carboxylic acids is 2. The lowest BCUT2D eigenvalue weighted by Crippen LogP contribution is -2.37. The zero-order chi connectivity index (χ0) is 24.9. The van der Waals surface area contributed by atoms with Gasteiger partial charge in [0.2, 0.25) is 10.1 Å². The number of halogens is 3. The van der Waals surface area contributed by atoms with Gasteiger partial charge >= 0.3 is 12.2 Å². The number of urea groups is 1. The van der Waals surface area contributed by atoms with E-state index in [1.165, 1.54) is 11.9 Å². The van der Waals surface area contributed by atoms with Gasteiger partial charge in [-0.3, -0.25) is 10.1 Å². The van der Waals surface area contributed by atoms with Crippen LogP contribution in [0.2, 0.25) is 0 Å². The summed E-state index contributed by atoms with van der Waals surface area (Å²) in [7, 11) is 1.52. The number of amides is 3. The second-order valence-electron chi connectivity index (χ2n) is 10.5. The van der Waals surface area contributed by atoms with E-state index in [0.717, 1.165) is 31.4 Å². The number of rotatable bonds is 4. The van der Waals surface area contributed by atoms with Gasteiger partial charge in [-0.25, -0.2) is 4.79 Å². The zero-order valence-electron chi connectivity index (χ0n) is 19.6. The molecule has 2 atom stereocenters. The number of hydrogen-bond acceptors (Lipinski definition) is 5. The summed E-state index contributed by atoms with van der Waals surface area (Å²) in [6.07, 6.45) is -1.44. The average Bonchev–Trinajstić information content (AvgIpc) is 3.29. The average molecular weight is 496 g/mol. The molecule has 4 rings (SSSR count). The smallest absolute Gasteiger partial charge is 0.335 e. The Morgan fingerprint density at radius 3 is 2.47 bits per heavy atom. The number of benzene rings is 1. The molecule has 2 heterocycles. The fourth-order valence-corrected chi connectivity index (χ4v) is 6.14. The molecule has 2 bridgehead atoms. The van der Waals surface area contributed by atoms with E-state index in [2.05, 4.69) is 36.3 Å². The molecule has 1 N–H and O–H groups in total. The SMILES string of the molecule is CN(Cc1ccc(C(=O)N2CC3(C)CC2CC(C)(C)C3)cc1)C(=O)Nc1nnc(C(F)(F)F)s1. The highest BCUT2D eigenvalue weighted by Gasteiger charge is 2.51. The van der Waals surface area contributed by atoms with Gasteiger partial charge in [0.25, 0.3) is 5.91 Å². The molecule has 0 spiro atoms. The molecule has 0 radical (unpaired) electrons. The second-order valence-corrected chi connectivity index (χ2v) is 11.5. The van der Waals surface area contributed by atoms with Crippen molar-refractivity contribution in [2.45, 2.75) is 58.8 Å². The Morgan fingerprint density at radius 1 is 1.18 bits per heavy atom. The Hall–Kier alpha value is -2.69. The maximum atomic E-state index is 13.2. The summed E-state index contributed by atoms with van der Waals surface area (Å²) < 4.78 is 37.9. The summed E-state index contributed by atoms with van der Waals surface area (Å²) >= 11 is 0.267. The van der Waals surface area contributed by atoms with E-state index in [4.69, 9.17) is 0 Å². The van der Waals surface area contributed by atoms with Crippen LogP contribution in [0.3, 0.4) is 0 Å². The van der Waals surface area contributed by atoms with Crippen molar-refractivity contribution in [3.8, 4) is 0 Å². The van der Waals surface area contributed by atoms with Gasteiger partial charge in [-0.15, -0.1) is 10.2 Å². The van der Waals surface area contributed by atoms with Gasteiger partial charge in [0.05, 0.1) is 0 Å².